The number of nitrogens with two attached hydrogens (primary N) is 1. The van der Waals surface area contributed by atoms with Crippen LogP contribution < -0.4 is 5.73 Å². The number of carbonyl (C=O) groups is 1. The molecule has 0 saturated heterocycles. The van der Waals surface area contributed by atoms with Gasteiger partial charge in [0.15, 0.2) is 0 Å². The van der Waals surface area contributed by atoms with E-state index in [1.54, 1.807) is 13.8 Å². The molecular formula is C15H29NO3. The minimum absolute atomic E-state index is 0.317. The maximum atomic E-state index is 11.6. The third kappa shape index (κ3) is 6.39. The van der Waals surface area contributed by atoms with Crippen LogP contribution in [-0.4, -0.2) is 31.3 Å². The summed E-state index contributed by atoms with van der Waals surface area (Å²) < 4.78 is 10.7. The van der Waals surface area contributed by atoms with E-state index < -0.39 is 5.54 Å². The van der Waals surface area contributed by atoms with Crippen LogP contribution in [0, 0.1) is 5.92 Å². The Labute approximate surface area is 117 Å². The van der Waals surface area contributed by atoms with Gasteiger partial charge >= 0.3 is 5.97 Å². The van der Waals surface area contributed by atoms with E-state index in [-0.39, 0.29) is 5.97 Å². The van der Waals surface area contributed by atoms with Gasteiger partial charge in [0.2, 0.25) is 0 Å². The molecule has 0 amide bonds. The zero-order chi connectivity index (χ0) is 14.1. The molecular weight excluding hydrogens is 242 g/mol. The summed E-state index contributed by atoms with van der Waals surface area (Å²) in [5.74, 6) is 0.422. The van der Waals surface area contributed by atoms with Crippen LogP contribution >= 0.6 is 0 Å². The zero-order valence-corrected chi connectivity index (χ0v) is 12.5. The number of hydrogen-bond donors (Lipinski definition) is 1. The Kier molecular flexibility index (Phi) is 7.39. The van der Waals surface area contributed by atoms with E-state index in [0.717, 1.165) is 18.9 Å². The van der Waals surface area contributed by atoms with Gasteiger partial charge in [-0.1, -0.05) is 19.3 Å². The van der Waals surface area contributed by atoms with Gasteiger partial charge in [0.25, 0.3) is 0 Å². The Balaban J connectivity index is 2.07. The summed E-state index contributed by atoms with van der Waals surface area (Å²) in [6.07, 6.45) is 8.08. The first-order valence-electron chi connectivity index (χ1n) is 7.60. The fourth-order valence-electron chi connectivity index (χ4n) is 2.54. The van der Waals surface area contributed by atoms with E-state index in [4.69, 9.17) is 15.2 Å². The molecule has 1 aliphatic rings. The summed E-state index contributed by atoms with van der Waals surface area (Å²) in [7, 11) is 0. The van der Waals surface area contributed by atoms with Crippen LogP contribution in [0.4, 0.5) is 0 Å². The molecule has 1 rings (SSSR count). The maximum absolute atomic E-state index is 11.6. The molecule has 1 atom stereocenters. The molecule has 1 saturated carbocycles. The van der Waals surface area contributed by atoms with Crippen molar-refractivity contribution >= 4 is 5.97 Å². The number of ether oxygens (including phenoxy) is 2. The first kappa shape index (κ1) is 16.4. The van der Waals surface area contributed by atoms with Crippen molar-refractivity contribution in [1.29, 1.82) is 0 Å². The SMILES string of the molecule is CCOC(=O)C(C)(N)CCCOCC1CCCCC1. The van der Waals surface area contributed by atoms with E-state index in [2.05, 4.69) is 0 Å². The summed E-state index contributed by atoms with van der Waals surface area (Å²) in [6.45, 7) is 5.45. The highest BCUT2D eigenvalue weighted by molar-refractivity contribution is 5.79. The van der Waals surface area contributed by atoms with Crippen molar-refractivity contribution < 1.29 is 14.3 Å². The van der Waals surface area contributed by atoms with Crippen LogP contribution in [0.25, 0.3) is 0 Å². The fraction of sp³-hybridized carbons (Fsp3) is 0.933. The average Bonchev–Trinajstić information content (AvgIpc) is 2.39. The van der Waals surface area contributed by atoms with Crippen molar-refractivity contribution in [3.8, 4) is 0 Å². The molecule has 0 aromatic heterocycles. The number of esters is 1. The van der Waals surface area contributed by atoms with Gasteiger partial charge in [0.05, 0.1) is 6.61 Å². The second-order valence-corrected chi connectivity index (χ2v) is 5.82. The molecule has 0 radical (unpaired) electrons. The molecule has 112 valence electrons. The summed E-state index contributed by atoms with van der Waals surface area (Å²) in [5.41, 5.74) is 5.06. The molecule has 4 heteroatoms. The molecule has 0 aliphatic heterocycles. The Bertz CT molecular complexity index is 260. The quantitative estimate of drug-likeness (QED) is 0.544. The Morgan fingerprint density at radius 3 is 2.63 bits per heavy atom. The van der Waals surface area contributed by atoms with Crippen molar-refractivity contribution in [1.82, 2.24) is 0 Å². The topological polar surface area (TPSA) is 61.5 Å². The number of carbonyl (C=O) groups excluding carboxylic acids is 1. The van der Waals surface area contributed by atoms with Crippen LogP contribution in [0.1, 0.15) is 58.8 Å². The van der Waals surface area contributed by atoms with Crippen molar-refractivity contribution in [2.24, 2.45) is 11.7 Å². The first-order chi connectivity index (χ1) is 9.06. The van der Waals surface area contributed by atoms with Crippen LogP contribution in [-0.2, 0) is 14.3 Å². The molecule has 1 aliphatic carbocycles. The predicted octanol–water partition coefficient (Wildman–Crippen LogP) is 2.64. The number of hydrogen-bond acceptors (Lipinski definition) is 4. The standard InChI is InChI=1S/C15H29NO3/c1-3-19-14(17)15(2,16)10-7-11-18-12-13-8-5-4-6-9-13/h13H,3-12,16H2,1-2H3. The Hall–Kier alpha value is -0.610. The number of rotatable bonds is 8. The van der Waals surface area contributed by atoms with Gasteiger partial charge < -0.3 is 15.2 Å². The van der Waals surface area contributed by atoms with E-state index in [0.29, 0.717) is 19.6 Å². The van der Waals surface area contributed by atoms with Crippen LogP contribution in [0.2, 0.25) is 0 Å². The Morgan fingerprint density at radius 1 is 1.32 bits per heavy atom. The maximum Gasteiger partial charge on any atom is 0.325 e. The van der Waals surface area contributed by atoms with E-state index in [1.807, 2.05) is 0 Å². The van der Waals surface area contributed by atoms with Gasteiger partial charge in [-0.2, -0.15) is 0 Å². The fourth-order valence-corrected chi connectivity index (χ4v) is 2.54. The summed E-state index contributed by atoms with van der Waals surface area (Å²) in [5, 5.41) is 0. The second-order valence-electron chi connectivity index (χ2n) is 5.82. The minimum atomic E-state index is -0.885. The molecule has 0 bridgehead atoms. The van der Waals surface area contributed by atoms with Crippen LogP contribution in [0.15, 0.2) is 0 Å². The summed E-state index contributed by atoms with van der Waals surface area (Å²) in [4.78, 5) is 11.6. The largest absolute Gasteiger partial charge is 0.465 e. The summed E-state index contributed by atoms with van der Waals surface area (Å²) in [6, 6.07) is 0. The van der Waals surface area contributed by atoms with E-state index in [1.165, 1.54) is 32.1 Å². The van der Waals surface area contributed by atoms with E-state index in [9.17, 15) is 4.79 Å². The lowest BCUT2D eigenvalue weighted by Gasteiger charge is -2.23. The molecule has 19 heavy (non-hydrogen) atoms. The zero-order valence-electron chi connectivity index (χ0n) is 12.5. The third-order valence-electron chi connectivity index (χ3n) is 3.80. The molecule has 2 N–H and O–H groups in total. The third-order valence-corrected chi connectivity index (χ3v) is 3.80. The normalized spacial score (nSPS) is 19.9. The smallest absolute Gasteiger partial charge is 0.325 e. The van der Waals surface area contributed by atoms with Gasteiger partial charge in [0, 0.05) is 13.2 Å². The lowest BCUT2D eigenvalue weighted by molar-refractivity contribution is -0.149. The first-order valence-corrected chi connectivity index (χ1v) is 7.60. The second kappa shape index (κ2) is 8.54. The monoisotopic (exact) mass is 271 g/mol. The highest BCUT2D eigenvalue weighted by Crippen LogP contribution is 2.23. The van der Waals surface area contributed by atoms with Crippen LogP contribution in [0.3, 0.4) is 0 Å². The van der Waals surface area contributed by atoms with Crippen molar-refractivity contribution in [2.45, 2.75) is 64.3 Å². The highest BCUT2D eigenvalue weighted by Gasteiger charge is 2.29. The molecule has 4 nitrogen and oxygen atoms in total. The van der Waals surface area contributed by atoms with Crippen molar-refractivity contribution in [3.05, 3.63) is 0 Å². The lowest BCUT2D eigenvalue weighted by Crippen LogP contribution is -2.46. The molecule has 0 aromatic rings. The highest BCUT2D eigenvalue weighted by atomic mass is 16.5. The Morgan fingerprint density at radius 2 is 2.00 bits per heavy atom. The molecule has 0 heterocycles. The average molecular weight is 271 g/mol. The molecule has 1 fully saturated rings. The molecule has 0 spiro atoms. The lowest BCUT2D eigenvalue weighted by atomic mass is 9.90. The van der Waals surface area contributed by atoms with Crippen molar-refractivity contribution in [2.75, 3.05) is 19.8 Å². The van der Waals surface area contributed by atoms with Gasteiger partial charge in [-0.3, -0.25) is 4.79 Å². The summed E-state index contributed by atoms with van der Waals surface area (Å²) >= 11 is 0. The van der Waals surface area contributed by atoms with Crippen LogP contribution in [0.5, 0.6) is 0 Å². The molecule has 0 aromatic carbocycles. The predicted molar refractivity (Wildman–Crippen MR) is 75.9 cm³/mol. The van der Waals surface area contributed by atoms with Gasteiger partial charge in [0.1, 0.15) is 5.54 Å². The van der Waals surface area contributed by atoms with Gasteiger partial charge in [-0.15, -0.1) is 0 Å². The van der Waals surface area contributed by atoms with Gasteiger partial charge in [-0.25, -0.2) is 0 Å². The van der Waals surface area contributed by atoms with Gasteiger partial charge in [-0.05, 0) is 45.4 Å². The van der Waals surface area contributed by atoms with E-state index >= 15 is 0 Å². The van der Waals surface area contributed by atoms with Crippen molar-refractivity contribution in [3.63, 3.8) is 0 Å². The minimum Gasteiger partial charge on any atom is -0.465 e. The molecule has 1 unspecified atom stereocenters.